The van der Waals surface area contributed by atoms with E-state index in [9.17, 15) is 0 Å². The van der Waals surface area contributed by atoms with Gasteiger partial charge in [0.15, 0.2) is 0 Å². The highest BCUT2D eigenvalue weighted by atomic mass is 16.3. The van der Waals surface area contributed by atoms with Crippen molar-refractivity contribution in [2.45, 2.75) is 20.8 Å². The standard InChI is InChI=1S/C53H38N2O2/c1-32-9-17-40(18-10-32)54-41-19-15-36-28-48-50(29-38(36)25-41)57-52-45(35-7-5-4-6-8-35)31-47-46-27-37-16-24-44(26-39(37)30-49(46)56-53(47)51(48)52)55(42-20-11-33(2)12-21-42)43-22-13-34(3)14-23-43/h4-31,54H,1-3H3. The Labute approximate surface area is 330 Å². The van der Waals surface area contributed by atoms with Crippen LogP contribution in [0.1, 0.15) is 16.7 Å². The Bertz CT molecular complexity index is 3280. The smallest absolute Gasteiger partial charge is 0.147 e. The average molecular weight is 735 g/mol. The maximum Gasteiger partial charge on any atom is 0.147 e. The lowest BCUT2D eigenvalue weighted by molar-refractivity contribution is 0.664. The molecule has 1 N–H and O–H groups in total. The first-order valence-electron chi connectivity index (χ1n) is 19.5. The van der Waals surface area contributed by atoms with E-state index >= 15 is 0 Å². The molecular weight excluding hydrogens is 697 g/mol. The largest absolute Gasteiger partial charge is 0.455 e. The van der Waals surface area contributed by atoms with Crippen LogP contribution in [0.3, 0.4) is 0 Å². The van der Waals surface area contributed by atoms with Gasteiger partial charge >= 0.3 is 0 Å². The molecule has 0 radical (unpaired) electrons. The topological polar surface area (TPSA) is 41.6 Å². The normalized spacial score (nSPS) is 11.8. The molecule has 4 heteroatoms. The summed E-state index contributed by atoms with van der Waals surface area (Å²) >= 11 is 0. The SMILES string of the molecule is Cc1ccc(Nc2ccc3cc4c(cc3c2)oc2c(-c3ccccc3)cc3c5cc6ccc(N(c7ccc(C)cc7)c7ccc(C)cc7)cc6cc5oc3c24)cc1. The van der Waals surface area contributed by atoms with Gasteiger partial charge in [-0.05, 0) is 139 Å². The molecule has 0 atom stereocenters. The molecule has 11 aromatic rings. The third-order valence-electron chi connectivity index (χ3n) is 11.3. The molecule has 0 spiro atoms. The van der Waals surface area contributed by atoms with Gasteiger partial charge < -0.3 is 19.1 Å². The number of rotatable bonds is 6. The van der Waals surface area contributed by atoms with E-state index < -0.39 is 0 Å². The quantitative estimate of drug-likeness (QED) is 0.185. The van der Waals surface area contributed by atoms with Crippen LogP contribution in [0.4, 0.5) is 28.4 Å². The minimum atomic E-state index is 0.828. The first-order chi connectivity index (χ1) is 27.9. The van der Waals surface area contributed by atoms with Crippen LogP contribution in [0.5, 0.6) is 0 Å². The van der Waals surface area contributed by atoms with Crippen molar-refractivity contribution in [3.63, 3.8) is 0 Å². The lowest BCUT2D eigenvalue weighted by Gasteiger charge is -2.26. The van der Waals surface area contributed by atoms with Crippen LogP contribution < -0.4 is 10.2 Å². The number of furan rings is 2. The lowest BCUT2D eigenvalue weighted by atomic mass is 9.97. The van der Waals surface area contributed by atoms with Crippen LogP contribution in [-0.4, -0.2) is 0 Å². The molecule has 0 bridgehead atoms. The van der Waals surface area contributed by atoms with Gasteiger partial charge in [0.2, 0.25) is 0 Å². The minimum Gasteiger partial charge on any atom is -0.455 e. The summed E-state index contributed by atoms with van der Waals surface area (Å²) < 4.78 is 13.8. The van der Waals surface area contributed by atoms with Crippen LogP contribution >= 0.6 is 0 Å². The van der Waals surface area contributed by atoms with Crippen molar-refractivity contribution >= 4 is 93.9 Å². The van der Waals surface area contributed by atoms with E-state index in [1.54, 1.807) is 0 Å². The number of anilines is 5. The predicted molar refractivity (Wildman–Crippen MR) is 240 cm³/mol. The van der Waals surface area contributed by atoms with Crippen LogP contribution in [0.25, 0.3) is 76.5 Å². The van der Waals surface area contributed by atoms with Crippen LogP contribution in [0.15, 0.2) is 179 Å². The van der Waals surface area contributed by atoms with Gasteiger partial charge in [0.05, 0.1) is 5.39 Å². The first kappa shape index (κ1) is 33.1. The van der Waals surface area contributed by atoms with E-state index in [2.05, 4.69) is 201 Å². The minimum absolute atomic E-state index is 0.828. The fraction of sp³-hybridized carbons (Fsp3) is 0.0566. The Morgan fingerprint density at radius 3 is 1.63 bits per heavy atom. The van der Waals surface area contributed by atoms with E-state index in [0.717, 1.165) is 105 Å². The van der Waals surface area contributed by atoms with E-state index in [4.69, 9.17) is 8.83 Å². The fourth-order valence-electron chi connectivity index (χ4n) is 8.33. The second kappa shape index (κ2) is 12.9. The van der Waals surface area contributed by atoms with Crippen molar-refractivity contribution in [3.05, 3.63) is 187 Å². The Hall–Kier alpha value is -7.30. The van der Waals surface area contributed by atoms with Gasteiger partial charge in [-0.1, -0.05) is 95.6 Å². The molecule has 0 aliphatic carbocycles. The molecule has 9 aromatic carbocycles. The van der Waals surface area contributed by atoms with E-state index in [1.165, 1.54) is 16.7 Å². The molecule has 272 valence electrons. The maximum absolute atomic E-state index is 6.95. The first-order valence-corrected chi connectivity index (χ1v) is 19.5. The number of hydrogen-bond acceptors (Lipinski definition) is 4. The number of fused-ring (bicyclic) bond motifs is 9. The van der Waals surface area contributed by atoms with E-state index in [1.807, 2.05) is 0 Å². The number of nitrogens with one attached hydrogen (secondary N) is 1. The van der Waals surface area contributed by atoms with Gasteiger partial charge in [0, 0.05) is 50.2 Å². The monoisotopic (exact) mass is 734 g/mol. The van der Waals surface area contributed by atoms with Crippen molar-refractivity contribution in [1.82, 2.24) is 0 Å². The van der Waals surface area contributed by atoms with Gasteiger partial charge in [-0.15, -0.1) is 0 Å². The molecule has 57 heavy (non-hydrogen) atoms. The summed E-state index contributed by atoms with van der Waals surface area (Å²) in [5.41, 5.74) is 14.6. The molecule has 0 aliphatic rings. The Balaban J connectivity index is 1.10. The van der Waals surface area contributed by atoms with Crippen LogP contribution in [0, 0.1) is 20.8 Å². The Kier molecular flexibility index (Phi) is 7.48. The van der Waals surface area contributed by atoms with Crippen LogP contribution in [-0.2, 0) is 0 Å². The third kappa shape index (κ3) is 5.68. The highest BCUT2D eigenvalue weighted by molar-refractivity contribution is 6.27. The molecule has 0 fully saturated rings. The van der Waals surface area contributed by atoms with Crippen molar-refractivity contribution in [2.75, 3.05) is 10.2 Å². The number of benzene rings is 9. The molecule has 0 saturated heterocycles. The zero-order chi connectivity index (χ0) is 38.2. The summed E-state index contributed by atoms with van der Waals surface area (Å²) in [6, 6.07) is 60.8. The Morgan fingerprint density at radius 1 is 0.404 bits per heavy atom. The van der Waals surface area contributed by atoms with Gasteiger partial charge in [-0.2, -0.15) is 0 Å². The van der Waals surface area contributed by atoms with E-state index in [-0.39, 0.29) is 0 Å². The van der Waals surface area contributed by atoms with Gasteiger partial charge in [0.25, 0.3) is 0 Å². The lowest BCUT2D eigenvalue weighted by Crippen LogP contribution is -2.09. The van der Waals surface area contributed by atoms with Crippen molar-refractivity contribution < 1.29 is 8.83 Å². The summed E-state index contributed by atoms with van der Waals surface area (Å²) in [7, 11) is 0. The molecule has 0 unspecified atom stereocenters. The molecule has 2 heterocycles. The number of aryl methyl sites for hydroxylation is 3. The zero-order valence-corrected chi connectivity index (χ0v) is 31.9. The summed E-state index contributed by atoms with van der Waals surface area (Å²) in [6.45, 7) is 6.35. The van der Waals surface area contributed by atoms with E-state index in [0.29, 0.717) is 0 Å². The number of hydrogen-bond donors (Lipinski definition) is 1. The summed E-state index contributed by atoms with van der Waals surface area (Å²) in [6.07, 6.45) is 0. The number of nitrogens with zero attached hydrogens (tertiary/aromatic N) is 1. The summed E-state index contributed by atoms with van der Waals surface area (Å²) in [5, 5.41) is 12.3. The highest BCUT2D eigenvalue weighted by Gasteiger charge is 2.22. The molecule has 0 amide bonds. The van der Waals surface area contributed by atoms with Crippen LogP contribution in [0.2, 0.25) is 0 Å². The fourth-order valence-corrected chi connectivity index (χ4v) is 8.33. The second-order valence-corrected chi connectivity index (χ2v) is 15.4. The summed E-state index contributed by atoms with van der Waals surface area (Å²) in [5.74, 6) is 0. The molecule has 0 saturated carbocycles. The second-order valence-electron chi connectivity index (χ2n) is 15.4. The van der Waals surface area contributed by atoms with Crippen molar-refractivity contribution in [3.8, 4) is 11.1 Å². The van der Waals surface area contributed by atoms with Gasteiger partial charge in [-0.25, -0.2) is 0 Å². The zero-order valence-electron chi connectivity index (χ0n) is 31.9. The molecule has 2 aromatic heterocycles. The molecule has 0 aliphatic heterocycles. The highest BCUT2D eigenvalue weighted by Crippen LogP contribution is 2.46. The molecule has 4 nitrogen and oxygen atoms in total. The summed E-state index contributed by atoms with van der Waals surface area (Å²) in [4.78, 5) is 2.32. The average Bonchev–Trinajstić information content (AvgIpc) is 3.78. The van der Waals surface area contributed by atoms with Gasteiger partial charge in [0.1, 0.15) is 22.3 Å². The predicted octanol–water partition coefficient (Wildman–Crippen LogP) is 15.6. The molecular formula is C53H38N2O2. The van der Waals surface area contributed by atoms with Gasteiger partial charge in [-0.3, -0.25) is 0 Å². The van der Waals surface area contributed by atoms with Crippen molar-refractivity contribution in [2.24, 2.45) is 0 Å². The maximum atomic E-state index is 6.95. The van der Waals surface area contributed by atoms with Crippen molar-refractivity contribution in [1.29, 1.82) is 0 Å². The Morgan fingerprint density at radius 2 is 0.947 bits per heavy atom. The third-order valence-corrected chi connectivity index (χ3v) is 11.3. The molecule has 11 rings (SSSR count).